The number of ether oxygens (including phenoxy) is 1. The fourth-order valence-electron chi connectivity index (χ4n) is 2.82. The molecule has 2 saturated heterocycles. The Balaban J connectivity index is 0.000000483. The largest absolute Gasteiger partial charge is 0.464 e. The standard InChI is InChI=1S/C10H16N2O2.C9H15NO2.C2H6/c1-2-4-9(13)11-6-8-12-7-3-5-10(12)14;1-8-4-3-5-10(8)6-7-12-9(2)11;1-2/h2,4H,3,5-8H2,1H3,(H,11,13);1,3-7H2,2H3;1-2H3/b4-2-;;. The molecule has 2 amide bonds. The summed E-state index contributed by atoms with van der Waals surface area (Å²) in [6.45, 7) is 15.5. The molecule has 0 radical (unpaired) electrons. The Kier molecular flexibility index (Phi) is 14.4. The molecule has 1 N–H and O–H groups in total. The Hall–Kier alpha value is -2.31. The van der Waals surface area contributed by atoms with E-state index in [1.165, 1.54) is 25.1 Å². The van der Waals surface area contributed by atoms with Crippen LogP contribution in [-0.2, 0) is 19.1 Å². The average Bonchev–Trinajstić information content (AvgIpc) is 3.26. The van der Waals surface area contributed by atoms with Crippen molar-refractivity contribution >= 4 is 17.8 Å². The number of amides is 2. The van der Waals surface area contributed by atoms with E-state index in [0.717, 1.165) is 32.5 Å². The van der Waals surface area contributed by atoms with E-state index in [1.54, 1.807) is 17.9 Å². The molecule has 7 heteroatoms. The second kappa shape index (κ2) is 15.7. The highest BCUT2D eigenvalue weighted by Crippen LogP contribution is 2.17. The highest BCUT2D eigenvalue weighted by atomic mass is 16.5. The van der Waals surface area contributed by atoms with Gasteiger partial charge in [-0.15, -0.1) is 0 Å². The molecule has 0 spiro atoms. The van der Waals surface area contributed by atoms with E-state index in [9.17, 15) is 14.4 Å². The quantitative estimate of drug-likeness (QED) is 0.529. The highest BCUT2D eigenvalue weighted by Gasteiger charge is 2.19. The van der Waals surface area contributed by atoms with Gasteiger partial charge in [-0.3, -0.25) is 14.4 Å². The summed E-state index contributed by atoms with van der Waals surface area (Å²) in [6.07, 6.45) is 7.03. The number of esters is 1. The molecule has 0 bridgehead atoms. The van der Waals surface area contributed by atoms with Gasteiger partial charge in [0.1, 0.15) is 6.61 Å². The van der Waals surface area contributed by atoms with Crippen molar-refractivity contribution in [3.05, 3.63) is 24.4 Å². The van der Waals surface area contributed by atoms with Gasteiger partial charge in [-0.1, -0.05) is 26.5 Å². The number of hydrogen-bond donors (Lipinski definition) is 1. The van der Waals surface area contributed by atoms with Gasteiger partial charge in [0, 0.05) is 45.2 Å². The Morgan fingerprint density at radius 2 is 1.79 bits per heavy atom. The summed E-state index contributed by atoms with van der Waals surface area (Å²) in [5, 5.41) is 2.71. The van der Waals surface area contributed by atoms with Crippen LogP contribution in [0.25, 0.3) is 0 Å². The van der Waals surface area contributed by atoms with Gasteiger partial charge in [0.05, 0.1) is 6.54 Å². The number of nitrogens with one attached hydrogen (secondary N) is 1. The van der Waals surface area contributed by atoms with Crippen molar-refractivity contribution in [3.63, 3.8) is 0 Å². The van der Waals surface area contributed by atoms with Gasteiger partial charge < -0.3 is 19.9 Å². The van der Waals surface area contributed by atoms with Crippen LogP contribution in [0.4, 0.5) is 0 Å². The number of nitrogens with zero attached hydrogens (tertiary/aromatic N) is 2. The van der Waals surface area contributed by atoms with E-state index in [2.05, 4.69) is 16.8 Å². The van der Waals surface area contributed by atoms with Crippen LogP contribution in [0, 0.1) is 0 Å². The van der Waals surface area contributed by atoms with Crippen LogP contribution >= 0.6 is 0 Å². The van der Waals surface area contributed by atoms with Gasteiger partial charge in [-0.25, -0.2) is 0 Å². The van der Waals surface area contributed by atoms with Crippen LogP contribution in [0.5, 0.6) is 0 Å². The minimum atomic E-state index is -0.209. The fraction of sp³-hybridized carbons (Fsp3) is 0.667. The zero-order valence-corrected chi connectivity index (χ0v) is 18.0. The van der Waals surface area contributed by atoms with E-state index < -0.39 is 0 Å². The first-order valence-corrected chi connectivity index (χ1v) is 10.2. The van der Waals surface area contributed by atoms with Crippen molar-refractivity contribution in [3.8, 4) is 0 Å². The Morgan fingerprint density at radius 3 is 2.29 bits per heavy atom. The molecular weight excluding hydrogens is 358 g/mol. The molecule has 2 rings (SSSR count). The zero-order chi connectivity index (χ0) is 21.4. The van der Waals surface area contributed by atoms with E-state index >= 15 is 0 Å². The molecule has 2 aliphatic rings. The van der Waals surface area contributed by atoms with Crippen molar-refractivity contribution in [2.45, 2.75) is 53.4 Å². The monoisotopic (exact) mass is 395 g/mol. The number of carbonyl (C=O) groups excluding carboxylic acids is 3. The maximum Gasteiger partial charge on any atom is 0.302 e. The molecule has 0 aromatic carbocycles. The van der Waals surface area contributed by atoms with Gasteiger partial charge in [0.25, 0.3) is 0 Å². The van der Waals surface area contributed by atoms with Crippen molar-refractivity contribution in [1.82, 2.24) is 15.1 Å². The van der Waals surface area contributed by atoms with Crippen LogP contribution in [0.2, 0.25) is 0 Å². The molecule has 2 heterocycles. The van der Waals surface area contributed by atoms with Gasteiger partial charge in [-0.2, -0.15) is 0 Å². The van der Waals surface area contributed by atoms with Crippen LogP contribution in [0.3, 0.4) is 0 Å². The van der Waals surface area contributed by atoms with Gasteiger partial charge in [0.15, 0.2) is 0 Å². The predicted octanol–water partition coefficient (Wildman–Crippen LogP) is 2.49. The normalized spacial score (nSPS) is 15.7. The third-order valence-electron chi connectivity index (χ3n) is 4.18. The number of rotatable bonds is 7. The summed E-state index contributed by atoms with van der Waals surface area (Å²) in [4.78, 5) is 36.6. The first kappa shape index (κ1) is 25.7. The summed E-state index contributed by atoms with van der Waals surface area (Å²) in [5.74, 6) is -0.107. The number of hydrogen-bond acceptors (Lipinski definition) is 5. The maximum absolute atomic E-state index is 11.2. The third kappa shape index (κ3) is 11.4. The Morgan fingerprint density at radius 1 is 1.14 bits per heavy atom. The molecule has 0 unspecified atom stereocenters. The molecule has 28 heavy (non-hydrogen) atoms. The molecule has 160 valence electrons. The lowest BCUT2D eigenvalue weighted by Crippen LogP contribution is -2.34. The summed E-state index contributed by atoms with van der Waals surface area (Å²) >= 11 is 0. The molecule has 0 saturated carbocycles. The molecule has 2 fully saturated rings. The van der Waals surface area contributed by atoms with Gasteiger partial charge >= 0.3 is 5.97 Å². The number of likely N-dealkylation sites (tertiary alicyclic amines) is 2. The number of allylic oxidation sites excluding steroid dienone is 2. The summed E-state index contributed by atoms with van der Waals surface area (Å²) in [5.41, 5.74) is 1.17. The Labute approximate surface area is 169 Å². The molecule has 2 aliphatic heterocycles. The highest BCUT2D eigenvalue weighted by molar-refractivity contribution is 5.87. The van der Waals surface area contributed by atoms with E-state index in [-0.39, 0.29) is 17.8 Å². The molecule has 0 aromatic rings. The van der Waals surface area contributed by atoms with Crippen molar-refractivity contribution in [1.29, 1.82) is 0 Å². The van der Waals surface area contributed by atoms with Gasteiger partial charge in [-0.05, 0) is 32.3 Å². The lowest BCUT2D eigenvalue weighted by molar-refractivity contribution is -0.141. The summed E-state index contributed by atoms with van der Waals surface area (Å²) in [6, 6.07) is 0. The van der Waals surface area contributed by atoms with Crippen molar-refractivity contribution < 1.29 is 19.1 Å². The molecular formula is C21H37N3O4. The van der Waals surface area contributed by atoms with E-state index in [0.29, 0.717) is 26.1 Å². The zero-order valence-electron chi connectivity index (χ0n) is 18.0. The first-order valence-electron chi connectivity index (χ1n) is 10.2. The van der Waals surface area contributed by atoms with Crippen molar-refractivity contribution in [2.24, 2.45) is 0 Å². The van der Waals surface area contributed by atoms with Crippen LogP contribution in [0.1, 0.15) is 53.4 Å². The minimum Gasteiger partial charge on any atom is -0.464 e. The molecule has 7 nitrogen and oxygen atoms in total. The Bertz CT molecular complexity index is 532. The van der Waals surface area contributed by atoms with Crippen molar-refractivity contribution in [2.75, 3.05) is 39.3 Å². The maximum atomic E-state index is 11.2. The van der Waals surface area contributed by atoms with Gasteiger partial charge in [0.2, 0.25) is 11.8 Å². The summed E-state index contributed by atoms with van der Waals surface area (Å²) < 4.78 is 4.83. The topological polar surface area (TPSA) is 79.0 Å². The van der Waals surface area contributed by atoms with Crippen LogP contribution in [0.15, 0.2) is 24.4 Å². The first-order chi connectivity index (χ1) is 13.4. The lowest BCUT2D eigenvalue weighted by Gasteiger charge is -2.18. The second-order valence-corrected chi connectivity index (χ2v) is 6.27. The average molecular weight is 396 g/mol. The van der Waals surface area contributed by atoms with Crippen LogP contribution in [-0.4, -0.2) is 66.9 Å². The van der Waals surface area contributed by atoms with E-state index in [4.69, 9.17) is 4.74 Å². The molecule has 0 atom stereocenters. The third-order valence-corrected chi connectivity index (χ3v) is 4.18. The minimum absolute atomic E-state index is 0.0980. The molecule has 0 aromatic heterocycles. The smallest absolute Gasteiger partial charge is 0.302 e. The SMILES string of the molecule is C/C=C\C(=O)NCCN1CCCC1=O.C=C1CCCN1CCOC(C)=O.CC. The predicted molar refractivity (Wildman–Crippen MR) is 112 cm³/mol. The number of carbonyl (C=O) groups is 3. The fourth-order valence-corrected chi connectivity index (χ4v) is 2.82. The summed E-state index contributed by atoms with van der Waals surface area (Å²) in [7, 11) is 0. The molecule has 0 aliphatic carbocycles. The van der Waals surface area contributed by atoms with E-state index in [1.807, 2.05) is 13.8 Å². The second-order valence-electron chi connectivity index (χ2n) is 6.27. The van der Waals surface area contributed by atoms with Crippen LogP contribution < -0.4 is 5.32 Å². The lowest BCUT2D eigenvalue weighted by atomic mass is 10.3.